The summed E-state index contributed by atoms with van der Waals surface area (Å²) in [6.07, 6.45) is -0.659. The van der Waals surface area contributed by atoms with E-state index in [0.717, 1.165) is 27.9 Å². The Hall–Kier alpha value is -3.50. The fourth-order valence-electron chi connectivity index (χ4n) is 4.26. The van der Waals surface area contributed by atoms with Crippen molar-refractivity contribution in [2.45, 2.75) is 25.9 Å². The van der Waals surface area contributed by atoms with Gasteiger partial charge in [-0.1, -0.05) is 72.8 Å². The molecule has 1 heterocycles. The summed E-state index contributed by atoms with van der Waals surface area (Å²) in [6, 6.07) is 25.3. The minimum atomic E-state index is -0.659. The third kappa shape index (κ3) is 3.46. The number of aromatic nitrogens is 1. The fourth-order valence-corrected chi connectivity index (χ4v) is 4.26. The van der Waals surface area contributed by atoms with E-state index in [0.29, 0.717) is 16.5 Å². The minimum absolute atomic E-state index is 0.309. The van der Waals surface area contributed by atoms with Crippen LogP contribution in [0.4, 0.5) is 0 Å². The number of amides is 1. The summed E-state index contributed by atoms with van der Waals surface area (Å²) in [6.45, 7) is 3.64. The highest BCUT2D eigenvalue weighted by Crippen LogP contribution is 2.37. The van der Waals surface area contributed by atoms with Gasteiger partial charge in [0.2, 0.25) is 5.91 Å². The molecule has 0 aliphatic carbocycles. The normalized spacial score (nSPS) is 13.2. The predicted molar refractivity (Wildman–Crippen MR) is 120 cm³/mol. The van der Waals surface area contributed by atoms with Crippen molar-refractivity contribution in [2.24, 2.45) is 5.73 Å². The Morgan fingerprint density at radius 3 is 2.17 bits per heavy atom. The number of hydrogen-bond donors (Lipinski definition) is 2. The maximum absolute atomic E-state index is 12.6. The van der Waals surface area contributed by atoms with Gasteiger partial charge in [-0.25, -0.2) is 4.98 Å². The van der Waals surface area contributed by atoms with Crippen LogP contribution < -0.4 is 5.73 Å². The second kappa shape index (κ2) is 8.09. The van der Waals surface area contributed by atoms with Crippen molar-refractivity contribution >= 4 is 16.8 Å². The summed E-state index contributed by atoms with van der Waals surface area (Å²) in [4.78, 5) is 17.5. The Kier molecular flexibility index (Phi) is 5.34. The van der Waals surface area contributed by atoms with Crippen molar-refractivity contribution in [3.05, 3.63) is 101 Å². The van der Waals surface area contributed by atoms with E-state index in [4.69, 9.17) is 10.7 Å². The van der Waals surface area contributed by atoms with Gasteiger partial charge in [-0.05, 0) is 36.6 Å². The van der Waals surface area contributed by atoms with E-state index in [1.54, 1.807) is 6.92 Å². The number of carbonyl (C=O) groups excluding carboxylic acids is 1. The van der Waals surface area contributed by atoms with Gasteiger partial charge in [0, 0.05) is 16.9 Å². The third-order valence-electron chi connectivity index (χ3n) is 5.56. The molecule has 1 amide bonds. The molecule has 4 rings (SSSR count). The molecule has 2 unspecified atom stereocenters. The molecule has 4 heteroatoms. The van der Waals surface area contributed by atoms with Crippen molar-refractivity contribution in [1.29, 1.82) is 0 Å². The van der Waals surface area contributed by atoms with Gasteiger partial charge < -0.3 is 10.8 Å². The van der Waals surface area contributed by atoms with E-state index < -0.39 is 12.0 Å². The number of carbonyl (C=O) groups is 1. The van der Waals surface area contributed by atoms with Crippen molar-refractivity contribution in [1.82, 2.24) is 4.98 Å². The van der Waals surface area contributed by atoms with Gasteiger partial charge in [-0.3, -0.25) is 4.79 Å². The monoisotopic (exact) mass is 396 g/mol. The molecular weight excluding hydrogens is 372 g/mol. The van der Waals surface area contributed by atoms with Crippen molar-refractivity contribution in [2.75, 3.05) is 0 Å². The van der Waals surface area contributed by atoms with Crippen LogP contribution in [-0.4, -0.2) is 22.1 Å². The number of fused-ring (bicyclic) bond motifs is 1. The molecule has 3 N–H and O–H groups in total. The summed E-state index contributed by atoms with van der Waals surface area (Å²) in [5.41, 5.74) is 11.3. The minimum Gasteiger partial charge on any atom is -0.392 e. The topological polar surface area (TPSA) is 76.2 Å². The Bertz CT molecular complexity index is 1200. The van der Waals surface area contributed by atoms with E-state index in [2.05, 4.69) is 0 Å². The van der Waals surface area contributed by atoms with Crippen LogP contribution in [-0.2, 0) is 0 Å². The first-order chi connectivity index (χ1) is 14.5. The molecule has 0 bridgehead atoms. The molecule has 0 aliphatic rings. The molecule has 150 valence electrons. The zero-order valence-electron chi connectivity index (χ0n) is 17.0. The maximum Gasteiger partial charge on any atom is 0.249 e. The summed E-state index contributed by atoms with van der Waals surface area (Å²) in [5, 5.41) is 11.4. The average molecular weight is 396 g/mol. The molecule has 4 nitrogen and oxygen atoms in total. The molecule has 0 aliphatic heterocycles. The lowest BCUT2D eigenvalue weighted by atomic mass is 9.83. The molecule has 0 saturated carbocycles. The summed E-state index contributed by atoms with van der Waals surface area (Å²) in [7, 11) is 0. The van der Waals surface area contributed by atoms with E-state index in [9.17, 15) is 9.90 Å². The number of aliphatic hydroxyl groups is 1. The molecule has 0 fully saturated rings. The molecule has 3 aromatic carbocycles. The smallest absolute Gasteiger partial charge is 0.249 e. The quantitative estimate of drug-likeness (QED) is 0.508. The van der Waals surface area contributed by atoms with Gasteiger partial charge >= 0.3 is 0 Å². The van der Waals surface area contributed by atoms with Crippen LogP contribution in [0.3, 0.4) is 0 Å². The van der Waals surface area contributed by atoms with Crippen molar-refractivity contribution in [3.63, 3.8) is 0 Å². The van der Waals surface area contributed by atoms with E-state index in [1.807, 2.05) is 85.8 Å². The Morgan fingerprint density at radius 1 is 0.933 bits per heavy atom. The van der Waals surface area contributed by atoms with Crippen LogP contribution in [0.5, 0.6) is 0 Å². The lowest BCUT2D eigenvalue weighted by Crippen LogP contribution is -2.20. The van der Waals surface area contributed by atoms with Crippen LogP contribution in [0.2, 0.25) is 0 Å². The highest BCUT2D eigenvalue weighted by atomic mass is 16.3. The predicted octanol–water partition coefficient (Wildman–Crippen LogP) is 4.82. The number of rotatable bonds is 5. The largest absolute Gasteiger partial charge is 0.392 e. The molecule has 30 heavy (non-hydrogen) atoms. The van der Waals surface area contributed by atoms with Gasteiger partial charge in [0.05, 0.1) is 22.9 Å². The third-order valence-corrected chi connectivity index (χ3v) is 5.56. The number of nitrogens with two attached hydrogens (primary N) is 1. The zero-order valence-corrected chi connectivity index (χ0v) is 17.0. The van der Waals surface area contributed by atoms with E-state index in [1.165, 1.54) is 0 Å². The lowest BCUT2D eigenvalue weighted by molar-refractivity contribution is 0.100. The number of benzene rings is 3. The van der Waals surface area contributed by atoms with Crippen LogP contribution in [0.25, 0.3) is 22.2 Å². The SMILES string of the molecule is Cc1c(-c2ccccc2)nc2cccc(C(c3ccccc3)C(C)O)c2c1C(N)=O. The van der Waals surface area contributed by atoms with Crippen molar-refractivity contribution < 1.29 is 9.90 Å². The van der Waals surface area contributed by atoms with Gasteiger partial charge in [-0.2, -0.15) is 0 Å². The molecule has 0 saturated heterocycles. The van der Waals surface area contributed by atoms with Crippen LogP contribution >= 0.6 is 0 Å². The first-order valence-electron chi connectivity index (χ1n) is 10.0. The van der Waals surface area contributed by atoms with Crippen LogP contribution in [0, 0.1) is 6.92 Å². The zero-order chi connectivity index (χ0) is 21.3. The van der Waals surface area contributed by atoms with Crippen molar-refractivity contribution in [3.8, 4) is 11.3 Å². The lowest BCUT2D eigenvalue weighted by Gasteiger charge is -2.24. The maximum atomic E-state index is 12.6. The van der Waals surface area contributed by atoms with Gasteiger partial charge in [-0.15, -0.1) is 0 Å². The van der Waals surface area contributed by atoms with Gasteiger partial charge in [0.25, 0.3) is 0 Å². The highest BCUT2D eigenvalue weighted by Gasteiger charge is 2.26. The Morgan fingerprint density at radius 2 is 1.57 bits per heavy atom. The molecule has 4 aromatic rings. The second-order valence-corrected chi connectivity index (χ2v) is 7.56. The summed E-state index contributed by atoms with van der Waals surface area (Å²) >= 11 is 0. The molecule has 1 aromatic heterocycles. The Balaban J connectivity index is 2.06. The number of hydrogen-bond acceptors (Lipinski definition) is 3. The first kappa shape index (κ1) is 19.8. The van der Waals surface area contributed by atoms with Gasteiger partial charge in [0.1, 0.15) is 0 Å². The van der Waals surface area contributed by atoms with Gasteiger partial charge in [0.15, 0.2) is 0 Å². The highest BCUT2D eigenvalue weighted by molar-refractivity contribution is 6.09. The fraction of sp³-hybridized carbons (Fsp3) is 0.154. The molecule has 0 spiro atoms. The molecule has 2 atom stereocenters. The molecular formula is C26H24N2O2. The number of primary amides is 1. The van der Waals surface area contributed by atoms with E-state index in [-0.39, 0.29) is 5.92 Å². The molecule has 0 radical (unpaired) electrons. The Labute approximate surface area is 176 Å². The number of pyridine rings is 1. The number of aliphatic hydroxyl groups excluding tert-OH is 1. The average Bonchev–Trinajstić information content (AvgIpc) is 2.74. The van der Waals surface area contributed by atoms with Crippen LogP contribution in [0.15, 0.2) is 78.9 Å². The van der Waals surface area contributed by atoms with E-state index >= 15 is 0 Å². The number of nitrogens with zero attached hydrogens (tertiary/aromatic N) is 1. The summed E-state index contributed by atoms with van der Waals surface area (Å²) < 4.78 is 0. The standard InChI is InChI=1S/C26H24N2O2/c1-16-22(26(27)30)24-20(23(17(2)29)18-10-5-3-6-11-18)14-9-15-21(24)28-25(16)19-12-7-4-8-13-19/h3-15,17,23,29H,1-2H3,(H2,27,30). The second-order valence-electron chi connectivity index (χ2n) is 7.56. The first-order valence-corrected chi connectivity index (χ1v) is 10.0. The summed E-state index contributed by atoms with van der Waals surface area (Å²) in [5.74, 6) is -0.807. The van der Waals surface area contributed by atoms with Crippen LogP contribution in [0.1, 0.15) is 39.9 Å².